The molecule has 1 aliphatic rings. The van der Waals surface area contributed by atoms with E-state index in [1.165, 1.54) is 11.3 Å². The van der Waals surface area contributed by atoms with Crippen LogP contribution in [0.15, 0.2) is 0 Å². The highest BCUT2D eigenvalue weighted by Gasteiger charge is 2.30. The second-order valence-corrected chi connectivity index (χ2v) is 6.56. The molecule has 0 bridgehead atoms. The number of hydrogen-bond donors (Lipinski definition) is 1. The number of hydrogen-bond acceptors (Lipinski definition) is 6. The summed E-state index contributed by atoms with van der Waals surface area (Å²) in [5, 5.41) is 2.89. The first-order valence-corrected chi connectivity index (χ1v) is 8.59. The van der Waals surface area contributed by atoms with E-state index in [0.29, 0.717) is 16.5 Å². The maximum absolute atomic E-state index is 12.3. The Hall–Kier alpha value is -1.89. The number of fused-ring (bicyclic) bond motifs is 1. The van der Waals surface area contributed by atoms with Gasteiger partial charge in [-0.15, -0.1) is 11.3 Å². The minimum atomic E-state index is -0.956. The van der Waals surface area contributed by atoms with Crippen LogP contribution in [-0.2, 0) is 31.9 Å². The molecular weight excluding hydrogens is 318 g/mol. The summed E-state index contributed by atoms with van der Waals surface area (Å²) in [6.45, 7) is 5.89. The number of anilines is 1. The lowest BCUT2D eigenvalue weighted by atomic mass is 9.88. The van der Waals surface area contributed by atoms with Gasteiger partial charge in [-0.2, -0.15) is 0 Å². The van der Waals surface area contributed by atoms with Crippen LogP contribution in [-0.4, -0.2) is 31.1 Å². The van der Waals surface area contributed by atoms with Crippen LogP contribution in [0.5, 0.6) is 0 Å². The third-order valence-electron chi connectivity index (χ3n) is 3.68. The molecule has 0 saturated heterocycles. The molecule has 0 aliphatic heterocycles. The minimum Gasteiger partial charge on any atom is -0.462 e. The largest absolute Gasteiger partial charge is 0.462 e. The van der Waals surface area contributed by atoms with E-state index in [1.807, 2.05) is 0 Å². The number of amides is 1. The summed E-state index contributed by atoms with van der Waals surface area (Å²) in [6, 6.07) is 0. The predicted octanol–water partition coefficient (Wildman–Crippen LogP) is 2.55. The maximum atomic E-state index is 12.3. The Labute approximate surface area is 139 Å². The summed E-state index contributed by atoms with van der Waals surface area (Å²) in [5.41, 5.74) is 1.32. The first kappa shape index (κ1) is 17.5. The Morgan fingerprint density at radius 3 is 2.57 bits per heavy atom. The Balaban J connectivity index is 2.32. The zero-order chi connectivity index (χ0) is 17.0. The number of ether oxygens (including phenoxy) is 2. The molecule has 0 radical (unpaired) electrons. The van der Waals surface area contributed by atoms with Gasteiger partial charge in [0.15, 0.2) is 0 Å². The predicted molar refractivity (Wildman–Crippen MR) is 86.7 cm³/mol. The molecule has 0 saturated carbocycles. The molecule has 1 aromatic rings. The van der Waals surface area contributed by atoms with Crippen molar-refractivity contribution in [3.8, 4) is 0 Å². The number of rotatable bonds is 4. The third kappa shape index (κ3) is 3.90. The van der Waals surface area contributed by atoms with Crippen LogP contribution in [0.25, 0.3) is 0 Å². The molecule has 0 fully saturated rings. The van der Waals surface area contributed by atoms with Crippen LogP contribution < -0.4 is 5.32 Å². The molecule has 126 valence electrons. The van der Waals surface area contributed by atoms with Crippen molar-refractivity contribution in [1.29, 1.82) is 0 Å². The fourth-order valence-corrected chi connectivity index (χ4v) is 4.00. The lowest BCUT2D eigenvalue weighted by molar-refractivity contribution is -0.152. The first-order chi connectivity index (χ1) is 11.0. The van der Waals surface area contributed by atoms with Crippen molar-refractivity contribution in [3.63, 3.8) is 0 Å². The average Bonchev–Trinajstić information content (AvgIpc) is 2.84. The SMILES string of the molecule is CCOC(=O)C(=O)Nc1sc2c(c1C(=O)OCC)CC[C@H](C)C2. The van der Waals surface area contributed by atoms with E-state index < -0.39 is 17.8 Å². The molecule has 1 heterocycles. The van der Waals surface area contributed by atoms with E-state index in [0.717, 1.165) is 29.7 Å². The van der Waals surface area contributed by atoms with Gasteiger partial charge >= 0.3 is 17.8 Å². The zero-order valence-electron chi connectivity index (χ0n) is 13.6. The molecule has 1 aliphatic carbocycles. The zero-order valence-corrected chi connectivity index (χ0v) is 14.4. The van der Waals surface area contributed by atoms with Crippen molar-refractivity contribution >= 4 is 34.2 Å². The second kappa shape index (κ2) is 7.59. The Bertz CT molecular complexity index is 622. The summed E-state index contributed by atoms with van der Waals surface area (Å²) >= 11 is 1.34. The molecule has 1 amide bonds. The van der Waals surface area contributed by atoms with Gasteiger partial charge < -0.3 is 14.8 Å². The standard InChI is InChI=1S/C16H21NO5S/c1-4-21-15(19)12-10-7-6-9(3)8-11(10)23-14(12)17-13(18)16(20)22-5-2/h9H,4-8H2,1-3H3,(H,17,18)/t9-/m0/s1. The van der Waals surface area contributed by atoms with Crippen molar-refractivity contribution in [2.45, 2.75) is 40.0 Å². The van der Waals surface area contributed by atoms with Gasteiger partial charge in [-0.25, -0.2) is 9.59 Å². The molecule has 1 N–H and O–H groups in total. The van der Waals surface area contributed by atoms with E-state index in [4.69, 9.17) is 4.74 Å². The molecule has 7 heteroatoms. The van der Waals surface area contributed by atoms with Crippen LogP contribution in [0.3, 0.4) is 0 Å². The molecule has 0 unspecified atom stereocenters. The quantitative estimate of drug-likeness (QED) is 0.673. The summed E-state index contributed by atoms with van der Waals surface area (Å²) in [6.07, 6.45) is 2.62. The summed E-state index contributed by atoms with van der Waals surface area (Å²) in [7, 11) is 0. The number of carbonyl (C=O) groups is 3. The van der Waals surface area contributed by atoms with Crippen molar-refractivity contribution in [2.75, 3.05) is 18.5 Å². The van der Waals surface area contributed by atoms with Gasteiger partial charge in [0, 0.05) is 4.88 Å². The van der Waals surface area contributed by atoms with E-state index in [2.05, 4.69) is 17.0 Å². The second-order valence-electron chi connectivity index (χ2n) is 5.45. The molecule has 2 rings (SSSR count). The van der Waals surface area contributed by atoms with E-state index in [1.54, 1.807) is 13.8 Å². The monoisotopic (exact) mass is 339 g/mol. The van der Waals surface area contributed by atoms with Gasteiger partial charge in [0.2, 0.25) is 0 Å². The van der Waals surface area contributed by atoms with Gasteiger partial charge in [-0.05, 0) is 44.6 Å². The number of nitrogens with one attached hydrogen (secondary N) is 1. The van der Waals surface area contributed by atoms with E-state index >= 15 is 0 Å². The molecule has 23 heavy (non-hydrogen) atoms. The highest BCUT2D eigenvalue weighted by Crippen LogP contribution is 2.40. The van der Waals surface area contributed by atoms with Gasteiger partial charge in [-0.3, -0.25) is 4.79 Å². The molecule has 1 aromatic heterocycles. The highest BCUT2D eigenvalue weighted by atomic mass is 32.1. The van der Waals surface area contributed by atoms with Crippen LogP contribution in [0, 0.1) is 5.92 Å². The molecule has 0 aromatic carbocycles. The topological polar surface area (TPSA) is 81.7 Å². The van der Waals surface area contributed by atoms with Crippen LogP contribution in [0.4, 0.5) is 5.00 Å². The fourth-order valence-electron chi connectivity index (χ4n) is 2.61. The molecule has 0 spiro atoms. The van der Waals surface area contributed by atoms with Crippen molar-refractivity contribution in [3.05, 3.63) is 16.0 Å². The van der Waals surface area contributed by atoms with Gasteiger partial charge in [0.25, 0.3) is 0 Å². The Morgan fingerprint density at radius 2 is 1.91 bits per heavy atom. The summed E-state index contributed by atoms with van der Waals surface area (Å²) in [5.74, 6) is -1.75. The van der Waals surface area contributed by atoms with Crippen molar-refractivity contribution in [1.82, 2.24) is 0 Å². The first-order valence-electron chi connectivity index (χ1n) is 7.77. The molecule has 1 atom stereocenters. The molecule has 6 nitrogen and oxygen atoms in total. The van der Waals surface area contributed by atoms with Crippen LogP contribution >= 0.6 is 11.3 Å². The number of carbonyl (C=O) groups excluding carboxylic acids is 3. The lowest BCUT2D eigenvalue weighted by Gasteiger charge is -2.18. The number of esters is 2. The molecular formula is C16H21NO5S. The van der Waals surface area contributed by atoms with Gasteiger partial charge in [0.05, 0.1) is 18.8 Å². The van der Waals surface area contributed by atoms with Crippen molar-refractivity contribution < 1.29 is 23.9 Å². The maximum Gasteiger partial charge on any atom is 0.397 e. The highest BCUT2D eigenvalue weighted by molar-refractivity contribution is 7.17. The van der Waals surface area contributed by atoms with E-state index in [9.17, 15) is 14.4 Å². The minimum absolute atomic E-state index is 0.120. The van der Waals surface area contributed by atoms with Gasteiger partial charge in [0.1, 0.15) is 5.00 Å². The number of thiophene rings is 1. The average molecular weight is 339 g/mol. The lowest BCUT2D eigenvalue weighted by Crippen LogP contribution is -2.25. The normalized spacial score (nSPS) is 16.4. The van der Waals surface area contributed by atoms with E-state index in [-0.39, 0.29) is 13.2 Å². The summed E-state index contributed by atoms with van der Waals surface area (Å²) in [4.78, 5) is 36.7. The Kier molecular flexibility index (Phi) is 5.76. The van der Waals surface area contributed by atoms with Crippen LogP contribution in [0.2, 0.25) is 0 Å². The van der Waals surface area contributed by atoms with Crippen LogP contribution in [0.1, 0.15) is 48.0 Å². The van der Waals surface area contributed by atoms with Crippen molar-refractivity contribution in [2.24, 2.45) is 5.92 Å². The Morgan fingerprint density at radius 1 is 1.22 bits per heavy atom. The smallest absolute Gasteiger partial charge is 0.397 e. The fraction of sp³-hybridized carbons (Fsp3) is 0.562. The summed E-state index contributed by atoms with van der Waals surface area (Å²) < 4.78 is 9.79. The third-order valence-corrected chi connectivity index (χ3v) is 4.85. The van der Waals surface area contributed by atoms with Gasteiger partial charge in [-0.1, -0.05) is 6.92 Å².